The number of H-pyrrole nitrogens is 1. The van der Waals surface area contributed by atoms with E-state index in [0.717, 1.165) is 11.5 Å². The van der Waals surface area contributed by atoms with Crippen molar-refractivity contribution in [1.29, 1.82) is 5.41 Å². The van der Waals surface area contributed by atoms with E-state index < -0.39 is 5.97 Å². The Morgan fingerprint density at radius 1 is 1.67 bits per heavy atom. The lowest BCUT2D eigenvalue weighted by atomic mass is 10.0. The number of aliphatic carboxylic acids is 1. The molecule has 0 fully saturated rings. The summed E-state index contributed by atoms with van der Waals surface area (Å²) in [6.07, 6.45) is 5.50. The molecule has 2 aromatic rings. The Morgan fingerprint density at radius 2 is 2.44 bits per heavy atom. The zero-order valence-electron chi connectivity index (χ0n) is 9.92. The minimum atomic E-state index is -1.18. The Balaban J connectivity index is 2.10. The summed E-state index contributed by atoms with van der Waals surface area (Å²) in [5.74, 6) is -0.371. The molecule has 3 N–H and O–H groups in total. The van der Waals surface area contributed by atoms with Crippen LogP contribution in [0.3, 0.4) is 0 Å². The monoisotopic (exact) mass is 246 g/mol. The van der Waals surface area contributed by atoms with E-state index in [4.69, 9.17) is 10.5 Å². The zero-order valence-corrected chi connectivity index (χ0v) is 9.92. The van der Waals surface area contributed by atoms with Crippen LogP contribution in [-0.4, -0.2) is 31.3 Å². The first kappa shape index (κ1) is 12.1. The van der Waals surface area contributed by atoms with Gasteiger partial charge in [0.25, 0.3) is 0 Å². The molecule has 1 atom stereocenters. The maximum Gasteiger partial charge on any atom is 0.349 e. The van der Waals surface area contributed by atoms with Crippen LogP contribution < -0.4 is 0 Å². The van der Waals surface area contributed by atoms with Crippen molar-refractivity contribution in [3.8, 4) is 5.82 Å². The second-order valence-corrected chi connectivity index (χ2v) is 4.15. The van der Waals surface area contributed by atoms with Gasteiger partial charge in [-0.05, 0) is 12.1 Å². The van der Waals surface area contributed by atoms with E-state index in [2.05, 4.69) is 9.97 Å². The summed E-state index contributed by atoms with van der Waals surface area (Å²) >= 11 is 0. The highest BCUT2D eigenvalue weighted by Crippen LogP contribution is 2.18. The van der Waals surface area contributed by atoms with Gasteiger partial charge in [-0.1, -0.05) is 6.92 Å². The molecular formula is C12H14N4O2. The van der Waals surface area contributed by atoms with Crippen molar-refractivity contribution in [1.82, 2.24) is 14.5 Å². The lowest BCUT2D eigenvalue weighted by molar-refractivity contribution is -0.129. The highest BCUT2D eigenvalue weighted by molar-refractivity contribution is 6.34. The fourth-order valence-electron chi connectivity index (χ4n) is 1.70. The number of aromatic nitrogens is 3. The van der Waals surface area contributed by atoms with Gasteiger partial charge < -0.3 is 10.1 Å². The molecule has 0 saturated heterocycles. The number of imidazole rings is 1. The predicted octanol–water partition coefficient (Wildman–Crippen LogP) is 1.80. The average molecular weight is 246 g/mol. The second-order valence-electron chi connectivity index (χ2n) is 4.15. The lowest BCUT2D eigenvalue weighted by Gasteiger charge is -2.06. The van der Waals surface area contributed by atoms with E-state index in [-0.39, 0.29) is 18.1 Å². The summed E-state index contributed by atoms with van der Waals surface area (Å²) in [6.45, 7) is 1.86. The summed E-state index contributed by atoms with van der Waals surface area (Å²) < 4.78 is 1.83. The smallest absolute Gasteiger partial charge is 0.349 e. The molecule has 2 aromatic heterocycles. The number of carbonyl (C=O) groups is 1. The fraction of sp³-hybridized carbons (Fsp3) is 0.250. The largest absolute Gasteiger partial charge is 0.477 e. The van der Waals surface area contributed by atoms with Crippen LogP contribution in [0.1, 0.15) is 25.0 Å². The maximum absolute atomic E-state index is 10.6. The number of hydrogen-bond acceptors (Lipinski definition) is 3. The van der Waals surface area contributed by atoms with E-state index >= 15 is 0 Å². The third kappa shape index (κ3) is 2.48. The number of aromatic amines is 1. The van der Waals surface area contributed by atoms with E-state index in [9.17, 15) is 4.79 Å². The van der Waals surface area contributed by atoms with Gasteiger partial charge in [0, 0.05) is 24.7 Å². The molecular weight excluding hydrogens is 232 g/mol. The fourth-order valence-corrected chi connectivity index (χ4v) is 1.70. The molecule has 0 aliphatic carbocycles. The third-order valence-electron chi connectivity index (χ3n) is 2.74. The van der Waals surface area contributed by atoms with E-state index in [1.54, 1.807) is 6.33 Å². The Hall–Kier alpha value is -2.37. The minimum Gasteiger partial charge on any atom is -0.477 e. The standard InChI is InChI=1S/C12H14N4O2/c1-8(5-9(13)12(17)18)10-6-16(7-15-10)11-3-2-4-14-11/h2-4,6-8,13-14H,5H2,1H3,(H,17,18). The van der Waals surface area contributed by atoms with Gasteiger partial charge in [0.2, 0.25) is 0 Å². The molecule has 0 saturated carbocycles. The summed E-state index contributed by atoms with van der Waals surface area (Å²) in [4.78, 5) is 17.9. The van der Waals surface area contributed by atoms with Gasteiger partial charge in [0.05, 0.1) is 5.69 Å². The van der Waals surface area contributed by atoms with Crippen LogP contribution in [0.15, 0.2) is 30.9 Å². The van der Waals surface area contributed by atoms with Crippen molar-refractivity contribution in [2.75, 3.05) is 0 Å². The number of carboxylic acid groups (broad SMARTS) is 1. The summed E-state index contributed by atoms with van der Waals surface area (Å²) in [6, 6.07) is 3.80. The maximum atomic E-state index is 10.6. The van der Waals surface area contributed by atoms with Crippen molar-refractivity contribution in [3.63, 3.8) is 0 Å². The highest BCUT2D eigenvalue weighted by atomic mass is 16.4. The van der Waals surface area contributed by atoms with Crippen molar-refractivity contribution in [3.05, 3.63) is 36.5 Å². The lowest BCUT2D eigenvalue weighted by Crippen LogP contribution is -2.14. The number of rotatable bonds is 5. The van der Waals surface area contributed by atoms with E-state index in [0.29, 0.717) is 0 Å². The third-order valence-corrected chi connectivity index (χ3v) is 2.74. The van der Waals surface area contributed by atoms with Crippen molar-refractivity contribution in [2.45, 2.75) is 19.3 Å². The van der Waals surface area contributed by atoms with Crippen molar-refractivity contribution < 1.29 is 9.90 Å². The van der Waals surface area contributed by atoms with Gasteiger partial charge in [0.1, 0.15) is 17.9 Å². The van der Waals surface area contributed by atoms with Crippen LogP contribution in [-0.2, 0) is 4.79 Å². The quantitative estimate of drug-likeness (QED) is 0.702. The molecule has 2 rings (SSSR count). The van der Waals surface area contributed by atoms with Gasteiger partial charge in [-0.15, -0.1) is 0 Å². The molecule has 0 bridgehead atoms. The first-order valence-electron chi connectivity index (χ1n) is 5.56. The van der Waals surface area contributed by atoms with Gasteiger partial charge in [0.15, 0.2) is 0 Å². The van der Waals surface area contributed by atoms with Gasteiger partial charge in [-0.3, -0.25) is 9.98 Å². The average Bonchev–Trinajstić information content (AvgIpc) is 2.99. The van der Waals surface area contributed by atoms with Crippen LogP contribution in [0.2, 0.25) is 0 Å². The topological polar surface area (TPSA) is 94.8 Å². The Kier molecular flexibility index (Phi) is 3.27. The number of carboxylic acids is 1. The molecule has 0 aromatic carbocycles. The summed E-state index contributed by atoms with van der Waals surface area (Å²) in [5, 5.41) is 16.0. The van der Waals surface area contributed by atoms with Crippen molar-refractivity contribution >= 4 is 11.7 Å². The Morgan fingerprint density at radius 3 is 3.06 bits per heavy atom. The second kappa shape index (κ2) is 4.87. The molecule has 2 heterocycles. The molecule has 0 aliphatic heterocycles. The van der Waals surface area contributed by atoms with E-state index in [1.165, 1.54) is 0 Å². The Bertz CT molecular complexity index is 556. The molecule has 0 spiro atoms. The van der Waals surface area contributed by atoms with Crippen LogP contribution in [0.25, 0.3) is 5.82 Å². The molecule has 1 unspecified atom stereocenters. The first-order chi connectivity index (χ1) is 8.58. The van der Waals surface area contributed by atoms with Crippen LogP contribution >= 0.6 is 0 Å². The summed E-state index contributed by atoms with van der Waals surface area (Å²) in [5.41, 5.74) is 0.479. The molecule has 94 valence electrons. The summed E-state index contributed by atoms with van der Waals surface area (Å²) in [7, 11) is 0. The molecule has 6 heteroatoms. The minimum absolute atomic E-state index is 0.0928. The predicted molar refractivity (Wildman–Crippen MR) is 66.3 cm³/mol. The Labute approximate surface area is 104 Å². The normalized spacial score (nSPS) is 12.3. The van der Waals surface area contributed by atoms with Crippen LogP contribution in [0, 0.1) is 5.41 Å². The molecule has 0 aliphatic rings. The van der Waals surface area contributed by atoms with Gasteiger partial charge in [-0.2, -0.15) is 0 Å². The van der Waals surface area contributed by atoms with Crippen molar-refractivity contribution in [2.24, 2.45) is 0 Å². The highest BCUT2D eigenvalue weighted by Gasteiger charge is 2.15. The molecule has 0 radical (unpaired) electrons. The molecule has 6 nitrogen and oxygen atoms in total. The zero-order chi connectivity index (χ0) is 13.1. The SMILES string of the molecule is CC(CC(=N)C(=O)O)c1cn(-c2ccc[nH]2)cn1. The first-order valence-corrected chi connectivity index (χ1v) is 5.56. The number of hydrogen-bond donors (Lipinski definition) is 3. The molecule has 18 heavy (non-hydrogen) atoms. The van der Waals surface area contributed by atoms with E-state index in [1.807, 2.05) is 36.0 Å². The van der Waals surface area contributed by atoms with Gasteiger partial charge >= 0.3 is 5.97 Å². The number of nitrogens with zero attached hydrogens (tertiary/aromatic N) is 2. The molecule has 0 amide bonds. The van der Waals surface area contributed by atoms with Crippen LogP contribution in [0.4, 0.5) is 0 Å². The van der Waals surface area contributed by atoms with Gasteiger partial charge in [-0.25, -0.2) is 9.78 Å². The van der Waals surface area contributed by atoms with Crippen LogP contribution in [0.5, 0.6) is 0 Å². The number of nitrogens with one attached hydrogen (secondary N) is 2.